The first kappa shape index (κ1) is 22.0. The molecule has 0 radical (unpaired) electrons. The number of carbonyl (C=O) groups is 1. The molecule has 2 aromatic rings. The number of hydrogen-bond acceptors (Lipinski definition) is 4. The summed E-state index contributed by atoms with van der Waals surface area (Å²) in [6, 6.07) is 4.18. The summed E-state index contributed by atoms with van der Waals surface area (Å²) in [7, 11) is 0. The SMILES string of the molecule is CCC.O=C(O)c1ccc(-n2ccc(OCCC3(C(F)(F)F)CC3)n2)nc1Cl. The molecular formula is C18H21ClF3N3O3. The number of nitrogens with zero attached hydrogens (tertiary/aromatic N) is 3. The fraction of sp³-hybridized carbons (Fsp3) is 0.500. The molecule has 1 fully saturated rings. The largest absolute Gasteiger partial charge is 0.478 e. The number of carboxylic acid groups (broad SMARTS) is 1. The maximum atomic E-state index is 12.8. The van der Waals surface area contributed by atoms with Crippen LogP contribution >= 0.6 is 11.6 Å². The summed E-state index contributed by atoms with van der Waals surface area (Å²) in [6.07, 6.45) is -1.31. The third kappa shape index (κ3) is 5.15. The molecule has 0 amide bonds. The van der Waals surface area contributed by atoms with Crippen molar-refractivity contribution in [3.63, 3.8) is 0 Å². The molecule has 1 aliphatic rings. The molecule has 1 aliphatic carbocycles. The molecule has 1 saturated carbocycles. The van der Waals surface area contributed by atoms with Gasteiger partial charge in [0.05, 0.1) is 17.6 Å². The van der Waals surface area contributed by atoms with E-state index in [1.165, 1.54) is 35.5 Å². The zero-order chi connectivity index (χ0) is 20.9. The lowest BCUT2D eigenvalue weighted by atomic mass is 10.0. The van der Waals surface area contributed by atoms with E-state index in [9.17, 15) is 18.0 Å². The van der Waals surface area contributed by atoms with Crippen LogP contribution in [0.5, 0.6) is 5.88 Å². The van der Waals surface area contributed by atoms with Crippen molar-refractivity contribution in [2.24, 2.45) is 5.41 Å². The summed E-state index contributed by atoms with van der Waals surface area (Å²) >= 11 is 5.79. The number of hydrogen-bond donors (Lipinski definition) is 1. The van der Waals surface area contributed by atoms with Gasteiger partial charge >= 0.3 is 12.1 Å². The van der Waals surface area contributed by atoms with E-state index in [1.807, 2.05) is 0 Å². The van der Waals surface area contributed by atoms with Gasteiger partial charge in [-0.15, -0.1) is 5.10 Å². The van der Waals surface area contributed by atoms with Crippen LogP contribution in [0.3, 0.4) is 0 Å². The first-order valence-electron chi connectivity index (χ1n) is 8.79. The van der Waals surface area contributed by atoms with Crippen molar-refractivity contribution >= 4 is 17.6 Å². The fourth-order valence-corrected chi connectivity index (χ4v) is 2.63. The average Bonchev–Trinajstić information content (AvgIpc) is 3.26. The van der Waals surface area contributed by atoms with Gasteiger partial charge in [-0.3, -0.25) is 0 Å². The summed E-state index contributed by atoms with van der Waals surface area (Å²) in [5.41, 5.74) is -1.76. The van der Waals surface area contributed by atoms with E-state index in [0.29, 0.717) is 0 Å². The Balaban J connectivity index is 0.000000878. The third-order valence-electron chi connectivity index (χ3n) is 4.15. The van der Waals surface area contributed by atoms with Crippen LogP contribution in [0.1, 0.15) is 49.9 Å². The maximum absolute atomic E-state index is 12.8. The van der Waals surface area contributed by atoms with Crippen molar-refractivity contribution in [1.82, 2.24) is 14.8 Å². The van der Waals surface area contributed by atoms with E-state index in [0.717, 1.165) is 0 Å². The molecule has 28 heavy (non-hydrogen) atoms. The second-order valence-corrected chi connectivity index (χ2v) is 6.85. The Labute approximate surface area is 165 Å². The second-order valence-electron chi connectivity index (χ2n) is 6.50. The van der Waals surface area contributed by atoms with Crippen molar-refractivity contribution in [2.45, 2.75) is 45.7 Å². The van der Waals surface area contributed by atoms with Gasteiger partial charge in [0.1, 0.15) is 5.15 Å². The van der Waals surface area contributed by atoms with Gasteiger partial charge in [-0.05, 0) is 31.4 Å². The molecule has 0 atom stereocenters. The third-order valence-corrected chi connectivity index (χ3v) is 4.44. The zero-order valence-electron chi connectivity index (χ0n) is 15.5. The predicted octanol–water partition coefficient (Wildman–Crippen LogP) is 5.15. The lowest BCUT2D eigenvalue weighted by Crippen LogP contribution is -2.26. The minimum atomic E-state index is -4.21. The number of rotatable bonds is 6. The molecule has 6 nitrogen and oxygen atoms in total. The van der Waals surface area contributed by atoms with Crippen LogP contribution in [0.15, 0.2) is 24.4 Å². The minimum absolute atomic E-state index is 0.0946. The first-order chi connectivity index (χ1) is 13.1. The number of halogens is 4. The monoisotopic (exact) mass is 419 g/mol. The normalized spacial score (nSPS) is 14.8. The van der Waals surface area contributed by atoms with Gasteiger partial charge in [0, 0.05) is 12.3 Å². The van der Waals surface area contributed by atoms with Gasteiger partial charge in [0.25, 0.3) is 0 Å². The molecule has 0 saturated heterocycles. The van der Waals surface area contributed by atoms with E-state index in [-0.39, 0.29) is 48.3 Å². The molecule has 0 bridgehead atoms. The van der Waals surface area contributed by atoms with Gasteiger partial charge in [0.15, 0.2) is 5.82 Å². The van der Waals surface area contributed by atoms with Crippen molar-refractivity contribution in [3.8, 4) is 11.7 Å². The summed E-state index contributed by atoms with van der Waals surface area (Å²) in [6.45, 7) is 4.16. The number of ether oxygens (including phenoxy) is 1. The second kappa shape index (κ2) is 8.81. The van der Waals surface area contributed by atoms with Gasteiger partial charge in [-0.2, -0.15) is 13.2 Å². The minimum Gasteiger partial charge on any atom is -0.478 e. The Hall–Kier alpha value is -2.29. The highest BCUT2D eigenvalue weighted by molar-refractivity contribution is 6.32. The van der Waals surface area contributed by atoms with E-state index < -0.39 is 17.6 Å². The van der Waals surface area contributed by atoms with Crippen LogP contribution in [0.4, 0.5) is 13.2 Å². The molecule has 3 rings (SSSR count). The molecular weight excluding hydrogens is 399 g/mol. The summed E-state index contributed by atoms with van der Waals surface area (Å²) in [4.78, 5) is 14.8. The number of alkyl halides is 3. The van der Waals surface area contributed by atoms with E-state index in [1.54, 1.807) is 0 Å². The van der Waals surface area contributed by atoms with Gasteiger partial charge < -0.3 is 9.84 Å². The predicted molar refractivity (Wildman–Crippen MR) is 97.1 cm³/mol. The number of carboxylic acids is 1. The van der Waals surface area contributed by atoms with Gasteiger partial charge in [-0.1, -0.05) is 31.9 Å². The average molecular weight is 420 g/mol. The van der Waals surface area contributed by atoms with E-state index in [2.05, 4.69) is 23.9 Å². The maximum Gasteiger partial charge on any atom is 0.394 e. The first-order valence-corrected chi connectivity index (χ1v) is 9.16. The van der Waals surface area contributed by atoms with Crippen molar-refractivity contribution in [1.29, 1.82) is 0 Å². The Morgan fingerprint density at radius 3 is 2.46 bits per heavy atom. The lowest BCUT2D eigenvalue weighted by molar-refractivity contribution is -0.190. The standard InChI is InChI=1S/C15H13ClF3N3O3.C3H8/c16-12-9(13(23)24)1-2-10(20-12)22-7-3-11(21-22)25-8-6-14(4-5-14)15(17,18)19;1-3-2/h1-3,7H,4-6,8H2,(H,23,24);3H2,1-2H3. The molecule has 0 aromatic carbocycles. The van der Waals surface area contributed by atoms with Crippen LogP contribution in [-0.4, -0.2) is 38.6 Å². The van der Waals surface area contributed by atoms with Crippen molar-refractivity contribution in [2.75, 3.05) is 6.61 Å². The van der Waals surface area contributed by atoms with Gasteiger partial charge in [0.2, 0.25) is 5.88 Å². The highest BCUT2D eigenvalue weighted by atomic mass is 35.5. The highest BCUT2D eigenvalue weighted by Gasteiger charge is 2.62. The Morgan fingerprint density at radius 2 is 1.96 bits per heavy atom. The van der Waals surface area contributed by atoms with Crippen LogP contribution in [-0.2, 0) is 0 Å². The number of aromatic nitrogens is 3. The summed E-state index contributed by atoms with van der Waals surface area (Å²) < 4.78 is 45.1. The van der Waals surface area contributed by atoms with E-state index >= 15 is 0 Å². The molecule has 0 spiro atoms. The smallest absolute Gasteiger partial charge is 0.394 e. The zero-order valence-corrected chi connectivity index (χ0v) is 16.2. The number of pyridine rings is 1. The molecule has 0 aliphatic heterocycles. The van der Waals surface area contributed by atoms with Crippen LogP contribution < -0.4 is 4.74 Å². The fourth-order valence-electron chi connectivity index (χ4n) is 2.40. The highest BCUT2D eigenvalue weighted by Crippen LogP contribution is 2.59. The van der Waals surface area contributed by atoms with Gasteiger partial charge in [-0.25, -0.2) is 14.5 Å². The summed E-state index contributed by atoms with van der Waals surface area (Å²) in [5.74, 6) is -0.788. The molecule has 1 N–H and O–H groups in total. The molecule has 0 unspecified atom stereocenters. The molecule has 2 heterocycles. The van der Waals surface area contributed by atoms with Crippen LogP contribution in [0.2, 0.25) is 5.15 Å². The van der Waals surface area contributed by atoms with Crippen LogP contribution in [0.25, 0.3) is 5.82 Å². The summed E-state index contributed by atoms with van der Waals surface area (Å²) in [5, 5.41) is 12.8. The Morgan fingerprint density at radius 1 is 1.32 bits per heavy atom. The topological polar surface area (TPSA) is 77.2 Å². The lowest BCUT2D eigenvalue weighted by Gasteiger charge is -2.18. The van der Waals surface area contributed by atoms with Crippen molar-refractivity contribution < 1.29 is 27.8 Å². The molecule has 154 valence electrons. The van der Waals surface area contributed by atoms with Crippen molar-refractivity contribution in [3.05, 3.63) is 35.1 Å². The Bertz CT molecular complexity index is 820. The van der Waals surface area contributed by atoms with E-state index in [4.69, 9.17) is 21.4 Å². The quantitative estimate of drug-likeness (QED) is 0.655. The number of aromatic carboxylic acids is 1. The van der Waals surface area contributed by atoms with Crippen LogP contribution in [0, 0.1) is 5.41 Å². The molecule has 2 aromatic heterocycles. The Kier molecular flexibility index (Phi) is 6.92. The molecule has 10 heteroatoms.